The monoisotopic (exact) mass is 500 g/mol. The highest BCUT2D eigenvalue weighted by Gasteiger charge is 2.28. The Kier molecular flexibility index (Phi) is 4.60. The van der Waals surface area contributed by atoms with Crippen LogP contribution in [0, 0.1) is 13.8 Å². The number of hydrogen-bond donors (Lipinski definition) is 1. The predicted octanol–water partition coefficient (Wildman–Crippen LogP) is 10.3. The van der Waals surface area contributed by atoms with E-state index < -0.39 is 0 Å². The molecule has 39 heavy (non-hydrogen) atoms. The molecule has 6 aromatic rings. The van der Waals surface area contributed by atoms with E-state index in [1.165, 1.54) is 83.5 Å². The van der Waals surface area contributed by atoms with Gasteiger partial charge < -0.3 is 10.2 Å². The van der Waals surface area contributed by atoms with Crippen molar-refractivity contribution in [3.8, 4) is 44.5 Å². The first kappa shape index (κ1) is 22.2. The lowest BCUT2D eigenvalue weighted by molar-refractivity contribution is 1.21. The van der Waals surface area contributed by atoms with Gasteiger partial charge in [-0.2, -0.15) is 0 Å². The second-order valence-corrected chi connectivity index (χ2v) is 11.0. The van der Waals surface area contributed by atoms with Crippen molar-refractivity contribution in [1.82, 2.24) is 0 Å². The van der Waals surface area contributed by atoms with Gasteiger partial charge in [0, 0.05) is 51.7 Å². The molecule has 2 aliphatic heterocycles. The van der Waals surface area contributed by atoms with Gasteiger partial charge >= 0.3 is 0 Å². The Bertz CT molecular complexity index is 1980. The molecule has 0 saturated heterocycles. The zero-order chi connectivity index (χ0) is 26.2. The van der Waals surface area contributed by atoms with Gasteiger partial charge in [-0.25, -0.2) is 0 Å². The molecule has 0 radical (unpaired) electrons. The van der Waals surface area contributed by atoms with Gasteiger partial charge in [-0.1, -0.05) is 96.1 Å². The van der Waals surface area contributed by atoms with Gasteiger partial charge in [0.05, 0.1) is 0 Å². The van der Waals surface area contributed by atoms with Crippen molar-refractivity contribution in [3.63, 3.8) is 0 Å². The molecule has 6 aromatic carbocycles. The molecular formula is C37H28N2. The van der Waals surface area contributed by atoms with Crippen LogP contribution >= 0.6 is 0 Å². The standard InChI is InChI=1S/C37H28N2/c1-22-6-4-8-24(18-22)26-10-12-28-30-14-15-31-29-13-11-27(25-9-5-7-23(2)19-25)21-35(29)39(3)34-17-16-32(36(30)37(31)34)38-33(28)20-26/h4-21,38H,1-3H3. The topological polar surface area (TPSA) is 15.3 Å². The fraction of sp³-hybridized carbons (Fsp3) is 0.0811. The second-order valence-electron chi connectivity index (χ2n) is 11.0. The first-order valence-corrected chi connectivity index (χ1v) is 13.6. The van der Waals surface area contributed by atoms with E-state index in [1.54, 1.807) is 0 Å². The minimum Gasteiger partial charge on any atom is -0.354 e. The third kappa shape index (κ3) is 3.28. The van der Waals surface area contributed by atoms with Crippen LogP contribution in [-0.4, -0.2) is 7.05 Å². The van der Waals surface area contributed by atoms with E-state index >= 15 is 0 Å². The molecule has 2 aliphatic rings. The molecule has 0 saturated carbocycles. The molecule has 0 bridgehead atoms. The van der Waals surface area contributed by atoms with Crippen LogP contribution in [0.4, 0.5) is 22.7 Å². The maximum atomic E-state index is 3.79. The van der Waals surface area contributed by atoms with Crippen LogP contribution in [0.15, 0.2) is 109 Å². The molecular weight excluding hydrogens is 472 g/mol. The summed E-state index contributed by atoms with van der Waals surface area (Å²) in [5, 5.41) is 6.42. The summed E-state index contributed by atoms with van der Waals surface area (Å²) in [7, 11) is 2.20. The van der Waals surface area contributed by atoms with Gasteiger partial charge in [0.25, 0.3) is 0 Å². The lowest BCUT2D eigenvalue weighted by Gasteiger charge is -2.33. The number of rotatable bonds is 2. The lowest BCUT2D eigenvalue weighted by Crippen LogP contribution is -2.16. The number of hydrogen-bond acceptors (Lipinski definition) is 2. The quantitative estimate of drug-likeness (QED) is 0.254. The largest absolute Gasteiger partial charge is 0.354 e. The van der Waals surface area contributed by atoms with Crippen molar-refractivity contribution in [2.24, 2.45) is 0 Å². The Labute approximate surface area is 229 Å². The van der Waals surface area contributed by atoms with Gasteiger partial charge in [0.2, 0.25) is 0 Å². The highest BCUT2D eigenvalue weighted by atomic mass is 15.1. The lowest BCUT2D eigenvalue weighted by atomic mass is 9.84. The summed E-state index contributed by atoms with van der Waals surface area (Å²) in [5.74, 6) is 0. The van der Waals surface area contributed by atoms with E-state index in [0.29, 0.717) is 0 Å². The average Bonchev–Trinajstić information content (AvgIpc) is 2.96. The Morgan fingerprint density at radius 1 is 0.462 bits per heavy atom. The van der Waals surface area contributed by atoms with Crippen molar-refractivity contribution < 1.29 is 0 Å². The number of fused-ring (bicyclic) bond motifs is 4. The van der Waals surface area contributed by atoms with E-state index in [9.17, 15) is 0 Å². The summed E-state index contributed by atoms with van der Waals surface area (Å²) < 4.78 is 0. The molecule has 0 aromatic heterocycles. The Hall–Kier alpha value is -4.82. The van der Waals surface area contributed by atoms with Crippen LogP contribution in [0.25, 0.3) is 55.3 Å². The highest BCUT2D eigenvalue weighted by molar-refractivity contribution is 6.22. The van der Waals surface area contributed by atoms with Crippen molar-refractivity contribution >= 4 is 33.5 Å². The molecule has 186 valence electrons. The third-order valence-corrected chi connectivity index (χ3v) is 8.43. The number of aryl methyl sites for hydroxylation is 2. The summed E-state index contributed by atoms with van der Waals surface area (Å²) in [6, 6.07) is 40.4. The molecule has 0 aliphatic carbocycles. The minimum atomic E-state index is 1.16. The zero-order valence-corrected chi connectivity index (χ0v) is 22.3. The number of nitrogens with one attached hydrogen (secondary N) is 1. The summed E-state index contributed by atoms with van der Waals surface area (Å²) in [6.45, 7) is 4.30. The SMILES string of the molecule is Cc1cccc(-c2ccc3c(c2)Nc2ccc4c5c(ccc-3c25)-c2ccc(-c3cccc(C)c3)cc2N4C)c1. The van der Waals surface area contributed by atoms with Crippen LogP contribution < -0.4 is 10.2 Å². The van der Waals surface area contributed by atoms with Crippen molar-refractivity contribution in [3.05, 3.63) is 120 Å². The smallest absolute Gasteiger partial charge is 0.0496 e. The molecule has 0 fully saturated rings. The van der Waals surface area contributed by atoms with Crippen molar-refractivity contribution in [1.29, 1.82) is 0 Å². The van der Waals surface area contributed by atoms with Gasteiger partial charge in [-0.15, -0.1) is 0 Å². The predicted molar refractivity (Wildman–Crippen MR) is 167 cm³/mol. The first-order chi connectivity index (χ1) is 19.0. The maximum absolute atomic E-state index is 3.79. The van der Waals surface area contributed by atoms with Crippen molar-refractivity contribution in [2.45, 2.75) is 13.8 Å². The molecule has 0 atom stereocenters. The fourth-order valence-electron chi connectivity index (χ4n) is 6.51. The Morgan fingerprint density at radius 3 is 1.74 bits per heavy atom. The molecule has 2 nitrogen and oxygen atoms in total. The zero-order valence-electron chi connectivity index (χ0n) is 22.3. The fourth-order valence-corrected chi connectivity index (χ4v) is 6.51. The van der Waals surface area contributed by atoms with Crippen LogP contribution in [0.2, 0.25) is 0 Å². The molecule has 2 heterocycles. The number of anilines is 4. The highest BCUT2D eigenvalue weighted by Crippen LogP contribution is 2.54. The van der Waals surface area contributed by atoms with E-state index in [4.69, 9.17) is 0 Å². The van der Waals surface area contributed by atoms with E-state index in [-0.39, 0.29) is 0 Å². The third-order valence-electron chi connectivity index (χ3n) is 8.43. The maximum Gasteiger partial charge on any atom is 0.0496 e. The summed E-state index contributed by atoms with van der Waals surface area (Å²) in [4.78, 5) is 2.36. The summed E-state index contributed by atoms with van der Waals surface area (Å²) >= 11 is 0. The normalized spacial score (nSPS) is 12.6. The molecule has 0 unspecified atom stereocenters. The van der Waals surface area contributed by atoms with Gasteiger partial charge in [-0.3, -0.25) is 0 Å². The molecule has 8 rings (SSSR count). The van der Waals surface area contributed by atoms with Gasteiger partial charge in [0.1, 0.15) is 0 Å². The number of nitrogens with zero attached hydrogens (tertiary/aromatic N) is 1. The van der Waals surface area contributed by atoms with Crippen molar-refractivity contribution in [2.75, 3.05) is 17.3 Å². The summed E-state index contributed by atoms with van der Waals surface area (Å²) in [6.07, 6.45) is 0. The van der Waals surface area contributed by atoms with Crippen LogP contribution in [0.1, 0.15) is 11.1 Å². The minimum absolute atomic E-state index is 1.16. The van der Waals surface area contributed by atoms with Crippen LogP contribution in [-0.2, 0) is 0 Å². The number of benzene rings is 6. The molecule has 0 amide bonds. The Morgan fingerprint density at radius 2 is 1.05 bits per heavy atom. The molecule has 1 N–H and O–H groups in total. The Balaban J connectivity index is 1.30. The van der Waals surface area contributed by atoms with Crippen LogP contribution in [0.5, 0.6) is 0 Å². The summed E-state index contributed by atoms with van der Waals surface area (Å²) in [5.41, 5.74) is 17.5. The van der Waals surface area contributed by atoms with E-state index in [1.807, 2.05) is 0 Å². The van der Waals surface area contributed by atoms with E-state index in [0.717, 1.165) is 5.69 Å². The van der Waals surface area contributed by atoms with Crippen LogP contribution in [0.3, 0.4) is 0 Å². The van der Waals surface area contributed by atoms with E-state index in [2.05, 4.69) is 140 Å². The van der Waals surface area contributed by atoms with Gasteiger partial charge in [-0.05, 0) is 71.5 Å². The van der Waals surface area contributed by atoms with Gasteiger partial charge in [0.15, 0.2) is 0 Å². The second kappa shape index (κ2) is 8.09. The average molecular weight is 501 g/mol. The molecule has 2 heteroatoms. The molecule has 0 spiro atoms. The first-order valence-electron chi connectivity index (χ1n) is 13.6.